The highest BCUT2D eigenvalue weighted by atomic mass is 16.1. The molecule has 0 saturated carbocycles. The number of fused-ring (bicyclic) bond motifs is 1. The topological polar surface area (TPSA) is 45.2 Å². The Morgan fingerprint density at radius 1 is 1.62 bits per heavy atom. The largest absolute Gasteiger partial charge is 0.357 e. The van der Waals surface area contributed by atoms with Crippen LogP contribution in [0.2, 0.25) is 0 Å². The van der Waals surface area contributed by atoms with E-state index in [1.807, 2.05) is 11.9 Å². The monoisotopic (exact) mass is 177 g/mol. The van der Waals surface area contributed by atoms with Crippen LogP contribution in [0.3, 0.4) is 0 Å². The van der Waals surface area contributed by atoms with Gasteiger partial charge in [0.15, 0.2) is 0 Å². The Hall–Kier alpha value is -1.58. The Labute approximate surface area is 76.6 Å². The number of amides is 1. The van der Waals surface area contributed by atoms with Crippen molar-refractivity contribution in [2.24, 2.45) is 0 Å². The molecule has 1 aromatic rings. The number of carbonyl (C=O) groups is 1. The number of aromatic nitrogens is 1. The summed E-state index contributed by atoms with van der Waals surface area (Å²) < 4.78 is 0. The van der Waals surface area contributed by atoms with Gasteiger partial charge in [0.1, 0.15) is 5.82 Å². The van der Waals surface area contributed by atoms with Gasteiger partial charge in [-0.3, -0.25) is 4.79 Å². The molecule has 1 aromatic heterocycles. The first kappa shape index (κ1) is 8.04. The molecule has 4 nitrogen and oxygen atoms in total. The van der Waals surface area contributed by atoms with Crippen molar-refractivity contribution in [3.05, 3.63) is 23.9 Å². The van der Waals surface area contributed by atoms with Crippen LogP contribution < -0.4 is 10.2 Å². The fourth-order valence-corrected chi connectivity index (χ4v) is 1.42. The van der Waals surface area contributed by atoms with Crippen LogP contribution in [0.1, 0.15) is 10.4 Å². The van der Waals surface area contributed by atoms with E-state index in [-0.39, 0.29) is 5.91 Å². The number of carbonyl (C=O) groups excluding carboxylic acids is 1. The van der Waals surface area contributed by atoms with Gasteiger partial charge < -0.3 is 10.2 Å². The summed E-state index contributed by atoms with van der Waals surface area (Å²) in [6.45, 7) is 1.47. The maximum Gasteiger partial charge on any atom is 0.255 e. The van der Waals surface area contributed by atoms with E-state index in [4.69, 9.17) is 0 Å². The van der Waals surface area contributed by atoms with Crippen molar-refractivity contribution >= 4 is 11.7 Å². The first-order valence-corrected chi connectivity index (χ1v) is 4.23. The van der Waals surface area contributed by atoms with Crippen molar-refractivity contribution in [1.29, 1.82) is 0 Å². The zero-order chi connectivity index (χ0) is 9.26. The van der Waals surface area contributed by atoms with Crippen molar-refractivity contribution in [3.63, 3.8) is 0 Å². The van der Waals surface area contributed by atoms with Gasteiger partial charge in [0.25, 0.3) is 5.91 Å². The van der Waals surface area contributed by atoms with E-state index in [9.17, 15) is 4.79 Å². The molecule has 1 aliphatic rings. The Morgan fingerprint density at radius 2 is 2.46 bits per heavy atom. The molecule has 68 valence electrons. The molecular weight excluding hydrogens is 166 g/mol. The number of hydrogen-bond donors (Lipinski definition) is 1. The smallest absolute Gasteiger partial charge is 0.255 e. The maximum atomic E-state index is 11.5. The number of likely N-dealkylation sites (N-methyl/N-ethyl adjacent to an activating group) is 1. The highest BCUT2D eigenvalue weighted by Gasteiger charge is 2.18. The van der Waals surface area contributed by atoms with Crippen LogP contribution in [-0.4, -0.2) is 31.0 Å². The molecule has 0 atom stereocenters. The van der Waals surface area contributed by atoms with Gasteiger partial charge in [0, 0.05) is 26.3 Å². The van der Waals surface area contributed by atoms with Crippen LogP contribution in [0.25, 0.3) is 0 Å². The highest BCUT2D eigenvalue weighted by Crippen LogP contribution is 2.16. The zero-order valence-corrected chi connectivity index (χ0v) is 7.45. The van der Waals surface area contributed by atoms with E-state index >= 15 is 0 Å². The number of anilines is 1. The lowest BCUT2D eigenvalue weighted by atomic mass is 10.2. The lowest BCUT2D eigenvalue weighted by Crippen LogP contribution is -2.27. The van der Waals surface area contributed by atoms with Crippen LogP contribution in [-0.2, 0) is 0 Å². The Morgan fingerprint density at radius 3 is 3.31 bits per heavy atom. The molecule has 1 aliphatic heterocycles. The summed E-state index contributed by atoms with van der Waals surface area (Å²) in [7, 11) is 1.94. The standard InChI is InChI=1S/C9H11N3O/c1-12-6-5-11-9(13)7-3-2-4-10-8(7)12/h2-4H,5-6H2,1H3,(H,11,13). The van der Waals surface area contributed by atoms with Gasteiger partial charge in [-0.2, -0.15) is 0 Å². The summed E-state index contributed by atoms with van der Waals surface area (Å²) >= 11 is 0. The molecular formula is C9H11N3O. The van der Waals surface area contributed by atoms with Crippen LogP contribution in [0, 0.1) is 0 Å². The van der Waals surface area contributed by atoms with E-state index in [0.717, 1.165) is 12.4 Å². The molecule has 0 fully saturated rings. The average molecular weight is 177 g/mol. The number of rotatable bonds is 0. The lowest BCUT2D eigenvalue weighted by molar-refractivity contribution is 0.0958. The molecule has 4 heteroatoms. The van der Waals surface area contributed by atoms with Gasteiger partial charge in [-0.25, -0.2) is 4.98 Å². The zero-order valence-electron chi connectivity index (χ0n) is 7.45. The molecule has 1 N–H and O–H groups in total. The molecule has 0 saturated heterocycles. The SMILES string of the molecule is CN1CCNC(=O)c2cccnc21. The van der Waals surface area contributed by atoms with Gasteiger partial charge in [0.2, 0.25) is 0 Å². The van der Waals surface area contributed by atoms with Crippen LogP contribution in [0.15, 0.2) is 18.3 Å². The molecule has 0 unspecified atom stereocenters. The predicted molar refractivity (Wildman–Crippen MR) is 49.8 cm³/mol. The number of nitrogens with one attached hydrogen (secondary N) is 1. The minimum Gasteiger partial charge on any atom is -0.357 e. The maximum absolute atomic E-state index is 11.5. The predicted octanol–water partition coefficient (Wildman–Crippen LogP) is 0.261. The Balaban J connectivity index is 2.51. The minimum atomic E-state index is -0.0348. The third-order valence-electron chi connectivity index (χ3n) is 2.13. The summed E-state index contributed by atoms with van der Waals surface area (Å²) in [6.07, 6.45) is 1.70. The third-order valence-corrected chi connectivity index (χ3v) is 2.13. The summed E-state index contributed by atoms with van der Waals surface area (Å²) in [5, 5.41) is 2.81. The van der Waals surface area contributed by atoms with Gasteiger partial charge >= 0.3 is 0 Å². The van der Waals surface area contributed by atoms with Crippen molar-refractivity contribution in [2.75, 3.05) is 25.0 Å². The third kappa shape index (κ3) is 1.35. The number of hydrogen-bond acceptors (Lipinski definition) is 3. The molecule has 0 bridgehead atoms. The molecule has 13 heavy (non-hydrogen) atoms. The number of nitrogens with zero attached hydrogens (tertiary/aromatic N) is 2. The van der Waals surface area contributed by atoms with Crippen molar-refractivity contribution in [3.8, 4) is 0 Å². The first-order valence-electron chi connectivity index (χ1n) is 4.23. The van der Waals surface area contributed by atoms with Crippen molar-refractivity contribution in [1.82, 2.24) is 10.3 Å². The second-order valence-electron chi connectivity index (χ2n) is 3.05. The van der Waals surface area contributed by atoms with E-state index in [1.54, 1.807) is 18.3 Å². The van der Waals surface area contributed by atoms with Crippen molar-refractivity contribution in [2.45, 2.75) is 0 Å². The minimum absolute atomic E-state index is 0.0348. The van der Waals surface area contributed by atoms with E-state index in [0.29, 0.717) is 12.1 Å². The van der Waals surface area contributed by atoms with Crippen LogP contribution >= 0.6 is 0 Å². The highest BCUT2D eigenvalue weighted by molar-refractivity contribution is 5.99. The summed E-state index contributed by atoms with van der Waals surface area (Å²) in [5.74, 6) is 0.727. The quantitative estimate of drug-likeness (QED) is 0.618. The molecule has 2 heterocycles. The summed E-state index contributed by atoms with van der Waals surface area (Å²) in [6, 6.07) is 3.57. The van der Waals surface area contributed by atoms with Gasteiger partial charge in [-0.1, -0.05) is 0 Å². The van der Waals surface area contributed by atoms with Gasteiger partial charge in [0.05, 0.1) is 5.56 Å². The molecule has 0 aromatic carbocycles. The molecule has 0 spiro atoms. The van der Waals surface area contributed by atoms with E-state index in [2.05, 4.69) is 10.3 Å². The first-order chi connectivity index (χ1) is 6.29. The summed E-state index contributed by atoms with van der Waals surface area (Å²) in [5.41, 5.74) is 0.655. The average Bonchev–Trinajstić information content (AvgIpc) is 2.29. The fourth-order valence-electron chi connectivity index (χ4n) is 1.42. The second-order valence-corrected chi connectivity index (χ2v) is 3.05. The lowest BCUT2D eigenvalue weighted by Gasteiger charge is -2.15. The molecule has 1 amide bonds. The molecule has 2 rings (SSSR count). The fraction of sp³-hybridized carbons (Fsp3) is 0.333. The van der Waals surface area contributed by atoms with Gasteiger partial charge in [-0.15, -0.1) is 0 Å². The van der Waals surface area contributed by atoms with E-state index in [1.165, 1.54) is 0 Å². The van der Waals surface area contributed by atoms with Crippen LogP contribution in [0.5, 0.6) is 0 Å². The normalized spacial score (nSPS) is 16.1. The van der Waals surface area contributed by atoms with Gasteiger partial charge in [-0.05, 0) is 12.1 Å². The summed E-state index contributed by atoms with van der Waals surface area (Å²) in [4.78, 5) is 17.6. The molecule has 0 radical (unpaired) electrons. The van der Waals surface area contributed by atoms with E-state index < -0.39 is 0 Å². The van der Waals surface area contributed by atoms with Crippen molar-refractivity contribution < 1.29 is 4.79 Å². The number of pyridine rings is 1. The molecule has 0 aliphatic carbocycles. The van der Waals surface area contributed by atoms with Crippen LogP contribution in [0.4, 0.5) is 5.82 Å². The Bertz CT molecular complexity index is 337. The Kier molecular flexibility index (Phi) is 1.88. The second kappa shape index (κ2) is 3.05.